The summed E-state index contributed by atoms with van der Waals surface area (Å²) < 4.78 is 41.7. The van der Waals surface area contributed by atoms with Gasteiger partial charge in [-0.25, -0.2) is 0 Å². The van der Waals surface area contributed by atoms with Gasteiger partial charge in [0.2, 0.25) is 0 Å². The molecule has 0 spiro atoms. The van der Waals surface area contributed by atoms with Crippen LogP contribution in [-0.4, -0.2) is 107 Å². The second-order valence-electron chi connectivity index (χ2n) is 12.3. The summed E-state index contributed by atoms with van der Waals surface area (Å²) in [4.78, 5) is 65.1. The summed E-state index contributed by atoms with van der Waals surface area (Å²) in [7, 11) is 0. The van der Waals surface area contributed by atoms with Crippen molar-refractivity contribution in [1.29, 1.82) is 0 Å². The molecule has 0 aromatic heterocycles. The van der Waals surface area contributed by atoms with Crippen molar-refractivity contribution >= 4 is 29.7 Å². The first kappa shape index (κ1) is 31.8. The van der Waals surface area contributed by atoms with E-state index in [0.717, 1.165) is 0 Å². The molecule has 0 N–H and O–H groups in total. The average Bonchev–Trinajstić information content (AvgIpc) is 3.84. The van der Waals surface area contributed by atoms with Gasteiger partial charge in [-0.15, -0.1) is 0 Å². The van der Waals surface area contributed by atoms with Crippen LogP contribution in [0, 0.1) is 10.8 Å². The van der Waals surface area contributed by atoms with Crippen LogP contribution >= 0.6 is 0 Å². The van der Waals surface area contributed by atoms with E-state index in [1.807, 2.05) is 0 Å². The summed E-state index contributed by atoms with van der Waals surface area (Å²) in [5.41, 5.74) is -2.06. The smallest absolute Gasteiger partial charge is 0.305 e. The van der Waals surface area contributed by atoms with Gasteiger partial charge in [-0.05, 0) is 38.5 Å². The van der Waals surface area contributed by atoms with Gasteiger partial charge >= 0.3 is 23.9 Å². The molecule has 43 heavy (non-hydrogen) atoms. The van der Waals surface area contributed by atoms with Crippen LogP contribution in [0.15, 0.2) is 0 Å². The monoisotopic (exact) mass is 610 g/mol. The Balaban J connectivity index is 1.27. The second-order valence-corrected chi connectivity index (χ2v) is 12.3. The summed E-state index contributed by atoms with van der Waals surface area (Å²) >= 11 is 0. The highest BCUT2D eigenvalue weighted by Gasteiger charge is 2.53. The van der Waals surface area contributed by atoms with E-state index < -0.39 is 34.7 Å². The molecule has 0 aromatic rings. The Hall–Kier alpha value is -2.61. The molecule has 4 atom stereocenters. The fraction of sp³-hybridized carbons (Fsp3) is 0.833. The molecule has 0 radical (unpaired) electrons. The molecule has 0 aromatic carbocycles. The van der Waals surface area contributed by atoms with Crippen LogP contribution in [0.4, 0.5) is 0 Å². The van der Waals surface area contributed by atoms with Crippen molar-refractivity contribution in [2.24, 2.45) is 10.8 Å². The van der Waals surface area contributed by atoms with Gasteiger partial charge in [0, 0.05) is 36.5 Å². The third-order valence-electron chi connectivity index (χ3n) is 8.84. The van der Waals surface area contributed by atoms with E-state index in [4.69, 9.17) is 37.9 Å². The SMILES string of the molecule is O=C(CCC1(CCC(=O)OCC2CO2)CCCC(CCC(=O)OCC2CO2)(CCC(=O)OCC2CO2)C1=O)OCC1CO1. The number of epoxide rings is 4. The van der Waals surface area contributed by atoms with Gasteiger partial charge in [0.1, 0.15) is 56.6 Å². The third kappa shape index (κ3) is 10.2. The van der Waals surface area contributed by atoms with Crippen molar-refractivity contribution in [2.45, 2.75) is 95.0 Å². The maximum absolute atomic E-state index is 14.6. The fourth-order valence-corrected chi connectivity index (χ4v) is 5.81. The van der Waals surface area contributed by atoms with E-state index in [0.29, 0.717) is 45.7 Å². The maximum atomic E-state index is 14.6. The number of esters is 4. The summed E-state index contributed by atoms with van der Waals surface area (Å²) in [5.74, 6) is -1.90. The average molecular weight is 611 g/mol. The Bertz CT molecular complexity index is 883. The fourth-order valence-electron chi connectivity index (χ4n) is 5.81. The van der Waals surface area contributed by atoms with Crippen LogP contribution in [0.3, 0.4) is 0 Å². The predicted molar refractivity (Wildman–Crippen MR) is 143 cm³/mol. The van der Waals surface area contributed by atoms with Crippen molar-refractivity contribution in [3.05, 3.63) is 0 Å². The zero-order valence-corrected chi connectivity index (χ0v) is 24.6. The summed E-state index contributed by atoms with van der Waals surface area (Å²) in [6.07, 6.45) is 1.96. The molecule has 1 aliphatic carbocycles. The molecule has 4 heterocycles. The molecule has 0 bridgehead atoms. The van der Waals surface area contributed by atoms with Crippen LogP contribution in [-0.2, 0) is 61.9 Å². The molecule has 4 unspecified atom stereocenters. The second kappa shape index (κ2) is 14.4. The highest BCUT2D eigenvalue weighted by atomic mass is 16.6. The lowest BCUT2D eigenvalue weighted by Crippen LogP contribution is -2.48. The Morgan fingerprint density at radius 2 is 0.791 bits per heavy atom. The number of Topliss-reactive ketones (excluding diaryl/α,β-unsaturated/α-hetero) is 1. The van der Waals surface area contributed by atoms with E-state index in [9.17, 15) is 24.0 Å². The summed E-state index contributed by atoms with van der Waals surface area (Å²) in [5, 5.41) is 0. The number of rotatable bonds is 20. The van der Waals surface area contributed by atoms with Crippen LogP contribution in [0.5, 0.6) is 0 Å². The normalized spacial score (nSPS) is 32.0. The molecule has 4 aliphatic heterocycles. The molecule has 13 nitrogen and oxygen atoms in total. The Kier molecular flexibility index (Phi) is 10.7. The summed E-state index contributed by atoms with van der Waals surface area (Å²) in [6.45, 7) is 2.89. The van der Waals surface area contributed by atoms with E-state index in [1.165, 1.54) is 0 Å². The van der Waals surface area contributed by atoms with Crippen LogP contribution in [0.1, 0.15) is 70.6 Å². The lowest BCUT2D eigenvalue weighted by molar-refractivity contribution is -0.153. The molecular formula is C30H42O13. The van der Waals surface area contributed by atoms with Crippen molar-refractivity contribution in [3.63, 3.8) is 0 Å². The highest BCUT2D eigenvalue weighted by Crippen LogP contribution is 2.53. The highest BCUT2D eigenvalue weighted by molar-refractivity contribution is 5.92. The van der Waals surface area contributed by atoms with Crippen LogP contribution < -0.4 is 0 Å². The van der Waals surface area contributed by atoms with Crippen molar-refractivity contribution in [2.75, 3.05) is 52.9 Å². The van der Waals surface area contributed by atoms with Gasteiger partial charge in [0.15, 0.2) is 0 Å². The zero-order chi connectivity index (χ0) is 30.3. The lowest BCUT2D eigenvalue weighted by atomic mass is 9.55. The minimum Gasteiger partial charge on any atom is -0.463 e. The first-order chi connectivity index (χ1) is 20.8. The number of hydrogen-bond acceptors (Lipinski definition) is 13. The quantitative estimate of drug-likeness (QED) is 0.111. The van der Waals surface area contributed by atoms with Crippen molar-refractivity contribution in [1.82, 2.24) is 0 Å². The number of carbonyl (C=O) groups excluding carboxylic acids is 5. The Morgan fingerprint density at radius 3 is 1.02 bits per heavy atom. The first-order valence-electron chi connectivity index (χ1n) is 15.4. The van der Waals surface area contributed by atoms with Gasteiger partial charge < -0.3 is 37.9 Å². The molecule has 5 fully saturated rings. The Morgan fingerprint density at radius 1 is 0.535 bits per heavy atom. The molecule has 240 valence electrons. The van der Waals surface area contributed by atoms with Crippen LogP contribution in [0.2, 0.25) is 0 Å². The number of hydrogen-bond donors (Lipinski definition) is 0. The number of ether oxygens (including phenoxy) is 8. The summed E-state index contributed by atoms with van der Waals surface area (Å²) in [6, 6.07) is 0. The maximum Gasteiger partial charge on any atom is 0.305 e. The lowest BCUT2D eigenvalue weighted by Gasteiger charge is -2.47. The largest absolute Gasteiger partial charge is 0.463 e. The first-order valence-corrected chi connectivity index (χ1v) is 15.4. The van der Waals surface area contributed by atoms with Gasteiger partial charge in [-0.2, -0.15) is 0 Å². The molecule has 5 rings (SSSR count). The third-order valence-corrected chi connectivity index (χ3v) is 8.84. The van der Waals surface area contributed by atoms with Crippen LogP contribution in [0.25, 0.3) is 0 Å². The molecule has 5 aliphatic rings. The van der Waals surface area contributed by atoms with Crippen molar-refractivity contribution < 1.29 is 61.9 Å². The van der Waals surface area contributed by atoms with Gasteiger partial charge in [-0.1, -0.05) is 6.42 Å². The van der Waals surface area contributed by atoms with E-state index in [1.54, 1.807) is 0 Å². The molecule has 4 saturated heterocycles. The molecule has 0 amide bonds. The van der Waals surface area contributed by atoms with E-state index in [-0.39, 0.29) is 108 Å². The van der Waals surface area contributed by atoms with E-state index >= 15 is 0 Å². The zero-order valence-electron chi connectivity index (χ0n) is 24.6. The molecule has 13 heteroatoms. The predicted octanol–water partition coefficient (Wildman–Crippen LogP) is 1.60. The Labute approximate surface area is 250 Å². The van der Waals surface area contributed by atoms with Crippen molar-refractivity contribution in [3.8, 4) is 0 Å². The standard InChI is InChI=1S/C30H42O13/c31-24(40-16-20-12-36-20)2-8-29(9-3-25(32)41-17-21-13-37-21)6-1-7-30(28(29)35,10-4-26(33)42-18-22-14-38-22)11-5-27(34)43-19-23-15-39-23/h20-23H,1-19H2. The van der Waals surface area contributed by atoms with Gasteiger partial charge in [-0.3, -0.25) is 24.0 Å². The topological polar surface area (TPSA) is 172 Å². The van der Waals surface area contributed by atoms with Gasteiger partial charge in [0.05, 0.1) is 26.4 Å². The minimum atomic E-state index is -1.03. The minimum absolute atomic E-state index is 0.00758. The van der Waals surface area contributed by atoms with Gasteiger partial charge in [0.25, 0.3) is 0 Å². The number of ketones is 1. The molecular weight excluding hydrogens is 568 g/mol. The number of carbonyl (C=O) groups is 5. The molecule has 1 saturated carbocycles. The van der Waals surface area contributed by atoms with E-state index in [2.05, 4.69) is 0 Å².